The molecule has 0 aliphatic carbocycles. The van der Waals surface area contributed by atoms with E-state index in [0.717, 1.165) is 24.2 Å². The molecular weight excluding hydrogens is 396 g/mol. The third kappa shape index (κ3) is 4.86. The lowest BCUT2D eigenvalue weighted by Crippen LogP contribution is -2.49. The van der Waals surface area contributed by atoms with Gasteiger partial charge in [0.15, 0.2) is 0 Å². The van der Waals surface area contributed by atoms with Crippen molar-refractivity contribution in [2.45, 2.75) is 59.0 Å². The zero-order valence-electron chi connectivity index (χ0n) is 18.4. The van der Waals surface area contributed by atoms with Crippen LogP contribution in [0.1, 0.15) is 55.7 Å². The molecule has 2 aromatic rings. The van der Waals surface area contributed by atoms with Gasteiger partial charge in [-0.3, -0.25) is 9.59 Å². The second kappa shape index (κ2) is 10.1. The minimum atomic E-state index is -0.136. The zero-order valence-corrected chi connectivity index (χ0v) is 19.2. The number of fused-ring (bicyclic) bond motifs is 1. The molecular formula is C24H32N2O3S. The average Bonchev–Trinajstić information content (AvgIpc) is 3.24. The van der Waals surface area contributed by atoms with Crippen LogP contribution in [-0.2, 0) is 16.0 Å². The van der Waals surface area contributed by atoms with Crippen molar-refractivity contribution in [3.05, 3.63) is 51.7 Å². The Labute approximate surface area is 183 Å². The Balaban J connectivity index is 1.80. The van der Waals surface area contributed by atoms with E-state index in [1.807, 2.05) is 56.9 Å². The molecule has 0 fully saturated rings. The normalized spacial score (nSPS) is 16.7. The molecule has 0 saturated carbocycles. The second-order valence-electron chi connectivity index (χ2n) is 7.86. The van der Waals surface area contributed by atoms with Crippen LogP contribution in [0.5, 0.6) is 5.75 Å². The van der Waals surface area contributed by atoms with Gasteiger partial charge in [-0.2, -0.15) is 0 Å². The largest absolute Gasteiger partial charge is 0.491 e. The number of hydrogen-bond donors (Lipinski definition) is 0. The zero-order chi connectivity index (χ0) is 21.7. The molecule has 1 aromatic heterocycles. The summed E-state index contributed by atoms with van der Waals surface area (Å²) in [6, 6.07) is 9.95. The molecule has 2 amide bonds. The van der Waals surface area contributed by atoms with Gasteiger partial charge in [0.1, 0.15) is 18.9 Å². The van der Waals surface area contributed by atoms with E-state index >= 15 is 0 Å². The van der Waals surface area contributed by atoms with Gasteiger partial charge in [-0.15, -0.1) is 11.3 Å². The number of hydrogen-bond acceptors (Lipinski definition) is 4. The Morgan fingerprint density at radius 2 is 2.03 bits per heavy atom. The van der Waals surface area contributed by atoms with Crippen LogP contribution in [0.4, 0.5) is 0 Å². The number of nitrogens with zero attached hydrogens (tertiary/aromatic N) is 2. The fourth-order valence-corrected chi connectivity index (χ4v) is 4.84. The molecule has 0 saturated heterocycles. The van der Waals surface area contributed by atoms with E-state index in [1.165, 1.54) is 10.4 Å². The average molecular weight is 429 g/mol. The van der Waals surface area contributed by atoms with Crippen LogP contribution in [-0.4, -0.2) is 47.4 Å². The molecule has 162 valence electrons. The molecule has 3 rings (SSSR count). The maximum absolute atomic E-state index is 13.3. The molecule has 2 atom stereocenters. The number of amides is 2. The van der Waals surface area contributed by atoms with Gasteiger partial charge >= 0.3 is 0 Å². The summed E-state index contributed by atoms with van der Waals surface area (Å²) >= 11 is 1.74. The SMILES string of the molecule is CCC(=O)N(CC(=O)N1CCc2sccc2C1COc1ccccc1C)C(C)CC. The molecule has 30 heavy (non-hydrogen) atoms. The molecule has 6 heteroatoms. The summed E-state index contributed by atoms with van der Waals surface area (Å²) in [5.74, 6) is 0.862. The van der Waals surface area contributed by atoms with Gasteiger partial charge < -0.3 is 14.5 Å². The Hall–Kier alpha value is -2.34. The predicted molar refractivity (Wildman–Crippen MR) is 121 cm³/mol. The molecule has 2 heterocycles. The van der Waals surface area contributed by atoms with Crippen LogP contribution in [0.25, 0.3) is 0 Å². The first kappa shape index (κ1) is 22.3. The minimum Gasteiger partial charge on any atom is -0.491 e. The number of carbonyl (C=O) groups excluding carboxylic acids is 2. The van der Waals surface area contributed by atoms with Crippen LogP contribution in [0, 0.1) is 6.92 Å². The molecule has 1 aliphatic rings. The Morgan fingerprint density at radius 3 is 2.73 bits per heavy atom. The van der Waals surface area contributed by atoms with Crippen LogP contribution in [0.15, 0.2) is 35.7 Å². The van der Waals surface area contributed by atoms with Crippen LogP contribution in [0.3, 0.4) is 0 Å². The summed E-state index contributed by atoms with van der Waals surface area (Å²) in [7, 11) is 0. The number of rotatable bonds is 8. The minimum absolute atomic E-state index is 0.00710. The Morgan fingerprint density at radius 1 is 1.27 bits per heavy atom. The quantitative estimate of drug-likeness (QED) is 0.617. The molecule has 1 aliphatic heterocycles. The molecule has 0 bridgehead atoms. The van der Waals surface area contributed by atoms with Gasteiger partial charge in [-0.25, -0.2) is 0 Å². The number of thiophene rings is 1. The van der Waals surface area contributed by atoms with E-state index in [9.17, 15) is 9.59 Å². The standard InChI is InChI=1S/C24H32N2O3S/c1-5-18(4)26(23(27)6-2)15-24(28)25-13-11-22-19(12-14-30-22)20(25)16-29-21-10-8-7-9-17(21)3/h7-10,12,14,18,20H,5-6,11,13,15-16H2,1-4H3. The molecule has 2 unspecified atom stereocenters. The summed E-state index contributed by atoms with van der Waals surface area (Å²) in [4.78, 5) is 30.8. The van der Waals surface area contributed by atoms with Crippen LogP contribution < -0.4 is 4.74 Å². The summed E-state index contributed by atoms with van der Waals surface area (Å²) in [6.07, 6.45) is 2.09. The Bertz CT molecular complexity index is 879. The van der Waals surface area contributed by atoms with Crippen LogP contribution >= 0.6 is 11.3 Å². The maximum Gasteiger partial charge on any atom is 0.242 e. The summed E-state index contributed by atoms with van der Waals surface area (Å²) in [6.45, 7) is 9.11. The lowest BCUT2D eigenvalue weighted by atomic mass is 10.00. The smallest absolute Gasteiger partial charge is 0.242 e. The highest BCUT2D eigenvalue weighted by Gasteiger charge is 2.34. The predicted octanol–water partition coefficient (Wildman–Crippen LogP) is 4.60. The van der Waals surface area contributed by atoms with E-state index in [1.54, 1.807) is 16.2 Å². The number of ether oxygens (including phenoxy) is 1. The first-order valence-corrected chi connectivity index (χ1v) is 11.7. The van der Waals surface area contributed by atoms with E-state index < -0.39 is 0 Å². The first-order valence-electron chi connectivity index (χ1n) is 10.8. The number of carbonyl (C=O) groups is 2. The van der Waals surface area contributed by atoms with Gasteiger partial charge in [0.2, 0.25) is 11.8 Å². The molecule has 0 spiro atoms. The van der Waals surface area contributed by atoms with Crippen molar-refractivity contribution in [1.29, 1.82) is 0 Å². The highest BCUT2D eigenvalue weighted by molar-refractivity contribution is 7.10. The third-order valence-electron chi connectivity index (χ3n) is 5.96. The van der Waals surface area contributed by atoms with Crippen molar-refractivity contribution in [1.82, 2.24) is 9.80 Å². The highest BCUT2D eigenvalue weighted by Crippen LogP contribution is 2.34. The van der Waals surface area contributed by atoms with Gasteiger partial charge in [0, 0.05) is 23.9 Å². The van der Waals surface area contributed by atoms with E-state index in [4.69, 9.17) is 4.74 Å². The van der Waals surface area contributed by atoms with Gasteiger partial charge in [-0.1, -0.05) is 32.0 Å². The molecule has 5 nitrogen and oxygen atoms in total. The Kier molecular flexibility index (Phi) is 7.53. The van der Waals surface area contributed by atoms with Crippen molar-refractivity contribution >= 4 is 23.2 Å². The van der Waals surface area contributed by atoms with Crippen molar-refractivity contribution in [3.63, 3.8) is 0 Å². The van der Waals surface area contributed by atoms with E-state index in [2.05, 4.69) is 11.4 Å². The molecule has 1 aromatic carbocycles. The monoisotopic (exact) mass is 428 g/mol. The fraction of sp³-hybridized carbons (Fsp3) is 0.500. The lowest BCUT2D eigenvalue weighted by Gasteiger charge is -2.38. The summed E-state index contributed by atoms with van der Waals surface area (Å²) in [5.41, 5.74) is 2.25. The van der Waals surface area contributed by atoms with Crippen LogP contribution in [0.2, 0.25) is 0 Å². The van der Waals surface area contributed by atoms with Gasteiger partial charge in [0.25, 0.3) is 0 Å². The van der Waals surface area contributed by atoms with Gasteiger partial charge in [-0.05, 0) is 55.3 Å². The van der Waals surface area contributed by atoms with Gasteiger partial charge in [0.05, 0.1) is 6.04 Å². The first-order chi connectivity index (χ1) is 14.5. The van der Waals surface area contributed by atoms with Crippen molar-refractivity contribution in [3.8, 4) is 5.75 Å². The summed E-state index contributed by atoms with van der Waals surface area (Å²) < 4.78 is 6.16. The van der Waals surface area contributed by atoms with E-state index in [-0.39, 0.29) is 30.4 Å². The molecule has 0 radical (unpaired) electrons. The number of para-hydroxylation sites is 1. The fourth-order valence-electron chi connectivity index (χ4n) is 3.91. The maximum atomic E-state index is 13.3. The van der Waals surface area contributed by atoms with Crippen molar-refractivity contribution in [2.75, 3.05) is 19.7 Å². The number of aryl methyl sites for hydroxylation is 1. The van der Waals surface area contributed by atoms with Crippen molar-refractivity contribution < 1.29 is 14.3 Å². The van der Waals surface area contributed by atoms with E-state index in [0.29, 0.717) is 19.6 Å². The lowest BCUT2D eigenvalue weighted by molar-refractivity contribution is -0.144. The van der Waals surface area contributed by atoms with Crippen molar-refractivity contribution in [2.24, 2.45) is 0 Å². The highest BCUT2D eigenvalue weighted by atomic mass is 32.1. The third-order valence-corrected chi connectivity index (χ3v) is 6.95. The topological polar surface area (TPSA) is 49.9 Å². The molecule has 0 N–H and O–H groups in total. The number of benzene rings is 1. The second-order valence-corrected chi connectivity index (χ2v) is 8.86. The summed E-state index contributed by atoms with van der Waals surface area (Å²) in [5, 5.41) is 2.09.